The van der Waals surface area contributed by atoms with Crippen LogP contribution < -0.4 is 10.0 Å². The van der Waals surface area contributed by atoms with Gasteiger partial charge in [-0.1, -0.05) is 23.2 Å². The van der Waals surface area contributed by atoms with Crippen LogP contribution in [-0.4, -0.2) is 20.4 Å². The fraction of sp³-hybridized carbons (Fsp3) is 0.188. The van der Waals surface area contributed by atoms with Gasteiger partial charge >= 0.3 is 6.18 Å². The third kappa shape index (κ3) is 5.58. The minimum Gasteiger partial charge on any atom is -0.323 e. The number of rotatable bonds is 5. The van der Waals surface area contributed by atoms with Crippen molar-refractivity contribution in [1.82, 2.24) is 4.72 Å². The number of carbonyl (C=O) groups excluding carboxylic acids is 1. The molecular weight excluding hydrogens is 428 g/mol. The number of anilines is 1. The van der Waals surface area contributed by atoms with Crippen LogP contribution in [0.1, 0.15) is 12.5 Å². The van der Waals surface area contributed by atoms with Crippen molar-refractivity contribution in [2.45, 2.75) is 24.0 Å². The predicted molar refractivity (Wildman–Crippen MR) is 96.3 cm³/mol. The Balaban J connectivity index is 2.15. The molecule has 0 aliphatic carbocycles. The maximum Gasteiger partial charge on any atom is 0.416 e. The van der Waals surface area contributed by atoms with Crippen molar-refractivity contribution in [2.75, 3.05) is 5.32 Å². The highest BCUT2D eigenvalue weighted by Crippen LogP contribution is 2.33. The molecule has 0 fully saturated rings. The zero-order valence-corrected chi connectivity index (χ0v) is 16.0. The summed E-state index contributed by atoms with van der Waals surface area (Å²) in [6, 6.07) is 6.37. The highest BCUT2D eigenvalue weighted by atomic mass is 35.5. The molecule has 1 atom stereocenters. The van der Waals surface area contributed by atoms with E-state index in [-0.39, 0.29) is 15.6 Å². The average Bonchev–Trinajstić information content (AvgIpc) is 2.55. The molecular formula is C16H13Cl2F3N2O3S. The molecule has 0 unspecified atom stereocenters. The number of nitrogens with one attached hydrogen (secondary N) is 2. The largest absolute Gasteiger partial charge is 0.416 e. The lowest BCUT2D eigenvalue weighted by Crippen LogP contribution is -2.41. The van der Waals surface area contributed by atoms with Gasteiger partial charge in [-0.2, -0.15) is 17.9 Å². The Bertz CT molecular complexity index is 948. The smallest absolute Gasteiger partial charge is 0.323 e. The molecule has 0 aliphatic heterocycles. The molecule has 0 bridgehead atoms. The Labute approximate surface area is 163 Å². The third-order valence-corrected chi connectivity index (χ3v) is 5.54. The number of benzene rings is 2. The molecule has 2 aromatic carbocycles. The van der Waals surface area contributed by atoms with Gasteiger partial charge in [0.15, 0.2) is 0 Å². The van der Waals surface area contributed by atoms with E-state index in [0.717, 1.165) is 12.1 Å². The molecule has 0 saturated carbocycles. The fourth-order valence-electron chi connectivity index (χ4n) is 2.01. The number of alkyl halides is 3. The second kappa shape index (κ2) is 8.05. The number of sulfonamides is 1. The van der Waals surface area contributed by atoms with Gasteiger partial charge in [0, 0.05) is 5.02 Å². The topological polar surface area (TPSA) is 75.3 Å². The summed E-state index contributed by atoms with van der Waals surface area (Å²) in [4.78, 5) is 12.1. The molecule has 27 heavy (non-hydrogen) atoms. The number of hydrogen-bond acceptors (Lipinski definition) is 3. The van der Waals surface area contributed by atoms with E-state index in [9.17, 15) is 26.4 Å². The summed E-state index contributed by atoms with van der Waals surface area (Å²) >= 11 is 11.5. The molecule has 0 radical (unpaired) electrons. The second-order valence-electron chi connectivity index (χ2n) is 5.48. The first-order valence-corrected chi connectivity index (χ1v) is 9.59. The normalized spacial score (nSPS) is 13.3. The summed E-state index contributed by atoms with van der Waals surface area (Å²) in [6.07, 6.45) is -4.62. The van der Waals surface area contributed by atoms with Gasteiger partial charge in [0.05, 0.1) is 27.2 Å². The van der Waals surface area contributed by atoms with Crippen LogP contribution in [-0.2, 0) is 21.0 Å². The van der Waals surface area contributed by atoms with E-state index in [2.05, 4.69) is 10.0 Å². The molecule has 11 heteroatoms. The van der Waals surface area contributed by atoms with Crippen LogP contribution in [0, 0.1) is 0 Å². The van der Waals surface area contributed by atoms with Crippen molar-refractivity contribution in [3.05, 3.63) is 58.1 Å². The molecule has 0 heterocycles. The summed E-state index contributed by atoms with van der Waals surface area (Å²) < 4.78 is 65.0. The summed E-state index contributed by atoms with van der Waals surface area (Å²) in [5.41, 5.74) is -1.29. The van der Waals surface area contributed by atoms with Crippen LogP contribution in [0.3, 0.4) is 0 Å². The Morgan fingerprint density at radius 1 is 1.07 bits per heavy atom. The van der Waals surface area contributed by atoms with Crippen molar-refractivity contribution in [1.29, 1.82) is 0 Å². The van der Waals surface area contributed by atoms with Crippen LogP contribution in [0.25, 0.3) is 0 Å². The number of amides is 1. The Kier molecular flexibility index (Phi) is 6.41. The van der Waals surface area contributed by atoms with Crippen LogP contribution in [0.2, 0.25) is 10.0 Å². The highest BCUT2D eigenvalue weighted by Gasteiger charge is 2.31. The Morgan fingerprint density at radius 2 is 1.67 bits per heavy atom. The first-order chi connectivity index (χ1) is 12.4. The quantitative estimate of drug-likeness (QED) is 0.726. The molecule has 2 aromatic rings. The van der Waals surface area contributed by atoms with Crippen molar-refractivity contribution >= 4 is 44.8 Å². The van der Waals surface area contributed by atoms with E-state index in [1.165, 1.54) is 31.2 Å². The maximum absolute atomic E-state index is 12.8. The molecule has 0 aliphatic rings. The summed E-state index contributed by atoms with van der Waals surface area (Å²) in [5.74, 6) is -0.881. The molecule has 1 amide bonds. The van der Waals surface area contributed by atoms with Gasteiger partial charge in [-0.05, 0) is 49.4 Å². The van der Waals surface area contributed by atoms with Crippen molar-refractivity contribution in [2.24, 2.45) is 0 Å². The molecule has 0 aromatic heterocycles. The highest BCUT2D eigenvalue weighted by molar-refractivity contribution is 7.89. The van der Waals surface area contributed by atoms with E-state index in [0.29, 0.717) is 11.1 Å². The van der Waals surface area contributed by atoms with Crippen LogP contribution in [0.15, 0.2) is 47.4 Å². The summed E-state index contributed by atoms with van der Waals surface area (Å²) in [5, 5.41) is 2.40. The lowest BCUT2D eigenvalue weighted by atomic mass is 10.2. The molecule has 5 nitrogen and oxygen atoms in total. The molecule has 2 rings (SSSR count). The van der Waals surface area contributed by atoms with E-state index in [1.54, 1.807) is 0 Å². The van der Waals surface area contributed by atoms with Gasteiger partial charge in [0.25, 0.3) is 0 Å². The number of carbonyl (C=O) groups is 1. The van der Waals surface area contributed by atoms with Crippen LogP contribution in [0.5, 0.6) is 0 Å². The monoisotopic (exact) mass is 440 g/mol. The van der Waals surface area contributed by atoms with Gasteiger partial charge in [0.1, 0.15) is 0 Å². The van der Waals surface area contributed by atoms with E-state index in [4.69, 9.17) is 23.2 Å². The lowest BCUT2D eigenvalue weighted by molar-refractivity contribution is -0.137. The van der Waals surface area contributed by atoms with Crippen molar-refractivity contribution in [3.8, 4) is 0 Å². The third-order valence-electron chi connectivity index (χ3n) is 3.40. The first kappa shape index (κ1) is 21.5. The zero-order valence-electron chi connectivity index (χ0n) is 13.6. The SMILES string of the molecule is C[C@@H](NS(=O)(=O)c1ccc(Cl)cc1)C(=O)Nc1cc(C(F)(F)F)ccc1Cl. The van der Waals surface area contributed by atoms with Gasteiger partial charge in [-0.3, -0.25) is 4.79 Å². The van der Waals surface area contributed by atoms with E-state index in [1.807, 2.05) is 0 Å². The molecule has 146 valence electrons. The van der Waals surface area contributed by atoms with E-state index >= 15 is 0 Å². The average molecular weight is 441 g/mol. The number of hydrogen-bond donors (Lipinski definition) is 2. The van der Waals surface area contributed by atoms with Gasteiger partial charge < -0.3 is 5.32 Å². The molecule has 0 saturated heterocycles. The number of halogens is 5. The van der Waals surface area contributed by atoms with Gasteiger partial charge in [0.2, 0.25) is 15.9 Å². The molecule has 2 N–H and O–H groups in total. The predicted octanol–water partition coefficient (Wildman–Crippen LogP) is 4.32. The van der Waals surface area contributed by atoms with Crippen LogP contribution in [0.4, 0.5) is 18.9 Å². The second-order valence-corrected chi connectivity index (χ2v) is 8.04. The fourth-order valence-corrected chi connectivity index (χ4v) is 3.50. The first-order valence-electron chi connectivity index (χ1n) is 7.35. The minimum absolute atomic E-state index is 0.121. The summed E-state index contributed by atoms with van der Waals surface area (Å²) in [6.45, 7) is 1.24. The zero-order chi connectivity index (χ0) is 20.4. The van der Waals surface area contributed by atoms with E-state index < -0.39 is 33.7 Å². The van der Waals surface area contributed by atoms with Crippen molar-refractivity contribution < 1.29 is 26.4 Å². The Hall–Kier alpha value is -1.81. The van der Waals surface area contributed by atoms with Crippen molar-refractivity contribution in [3.63, 3.8) is 0 Å². The standard InChI is InChI=1S/C16H13Cl2F3N2O3S/c1-9(23-27(25,26)12-5-3-11(17)4-6-12)15(24)22-14-8-10(16(19,20)21)2-7-13(14)18/h2-9,23H,1H3,(H,22,24)/t9-/m1/s1. The van der Waals surface area contributed by atoms with Gasteiger partial charge in [-0.25, -0.2) is 8.42 Å². The molecule has 0 spiro atoms. The summed E-state index contributed by atoms with van der Waals surface area (Å²) in [7, 11) is -4.04. The minimum atomic E-state index is -4.62. The van der Waals surface area contributed by atoms with Gasteiger partial charge in [-0.15, -0.1) is 0 Å². The van der Waals surface area contributed by atoms with Crippen LogP contribution >= 0.6 is 23.2 Å². The lowest BCUT2D eigenvalue weighted by Gasteiger charge is -2.16. The Morgan fingerprint density at radius 3 is 2.22 bits per heavy atom. The maximum atomic E-state index is 12.8.